The van der Waals surface area contributed by atoms with Gasteiger partial charge in [0.05, 0.1) is 18.7 Å². The van der Waals surface area contributed by atoms with Crippen LogP contribution >= 0.6 is 0 Å². The summed E-state index contributed by atoms with van der Waals surface area (Å²) >= 11 is 0. The molecule has 0 bridgehead atoms. The van der Waals surface area contributed by atoms with Crippen LogP contribution in [0.3, 0.4) is 0 Å². The Balaban J connectivity index is 1.50. The van der Waals surface area contributed by atoms with Crippen LogP contribution in [0.25, 0.3) is 11.2 Å². The zero-order valence-electron chi connectivity index (χ0n) is 22.8. The summed E-state index contributed by atoms with van der Waals surface area (Å²) in [6.45, 7) is 10.6. The SMILES string of the molecule is CC(C=CC1=C(C)C(n2ccnc2)CCC1(C)C)=CC=CC(C)=CC(=O)n1c(N)nc2c(ncn2C)c1=O. The predicted octanol–water partition coefficient (Wildman–Crippen LogP) is 4.93. The second kappa shape index (κ2) is 10.6. The molecule has 0 amide bonds. The lowest BCUT2D eigenvalue weighted by Gasteiger charge is -2.37. The summed E-state index contributed by atoms with van der Waals surface area (Å²) in [4.78, 5) is 37.9. The molecule has 0 saturated carbocycles. The molecule has 0 aromatic carbocycles. The highest BCUT2D eigenvalue weighted by molar-refractivity contribution is 5.93. The number of rotatable bonds is 6. The van der Waals surface area contributed by atoms with E-state index >= 15 is 0 Å². The van der Waals surface area contributed by atoms with Crippen molar-refractivity contribution in [2.45, 2.75) is 53.5 Å². The van der Waals surface area contributed by atoms with Crippen molar-refractivity contribution in [2.24, 2.45) is 12.5 Å². The first-order valence-electron chi connectivity index (χ1n) is 12.6. The molecule has 0 aliphatic heterocycles. The smallest absolute Gasteiger partial charge is 0.290 e. The number of hydrogen-bond acceptors (Lipinski definition) is 6. The molecule has 1 aliphatic carbocycles. The summed E-state index contributed by atoms with van der Waals surface area (Å²) in [6.07, 6.45) is 20.8. The van der Waals surface area contributed by atoms with Crippen LogP contribution in [0.5, 0.6) is 0 Å². The molecule has 4 rings (SSSR count). The molecule has 3 aromatic heterocycles. The molecule has 0 saturated heterocycles. The van der Waals surface area contributed by atoms with Crippen molar-refractivity contribution in [3.8, 4) is 0 Å². The highest BCUT2D eigenvalue weighted by Crippen LogP contribution is 2.45. The Labute approximate surface area is 222 Å². The van der Waals surface area contributed by atoms with E-state index in [1.54, 1.807) is 18.5 Å². The van der Waals surface area contributed by atoms with Gasteiger partial charge in [0.2, 0.25) is 5.95 Å². The Bertz CT molecular complexity index is 1570. The molecule has 0 radical (unpaired) electrons. The van der Waals surface area contributed by atoms with Crippen LogP contribution in [0.1, 0.15) is 58.3 Å². The van der Waals surface area contributed by atoms with Crippen molar-refractivity contribution in [1.29, 1.82) is 0 Å². The van der Waals surface area contributed by atoms with Crippen LogP contribution in [0.4, 0.5) is 5.95 Å². The molecule has 3 aromatic rings. The first-order chi connectivity index (χ1) is 18.0. The van der Waals surface area contributed by atoms with E-state index in [0.29, 0.717) is 17.3 Å². The normalized spacial score (nSPS) is 18.8. The maximum absolute atomic E-state index is 12.8. The number of carbonyl (C=O) groups is 1. The first-order valence-corrected chi connectivity index (χ1v) is 12.6. The largest absolute Gasteiger partial charge is 0.369 e. The van der Waals surface area contributed by atoms with Gasteiger partial charge in [-0.25, -0.2) is 14.5 Å². The highest BCUT2D eigenvalue weighted by Gasteiger charge is 2.32. The van der Waals surface area contributed by atoms with Crippen molar-refractivity contribution in [3.63, 3.8) is 0 Å². The van der Waals surface area contributed by atoms with E-state index in [1.807, 2.05) is 43.9 Å². The second-order valence-corrected chi connectivity index (χ2v) is 10.5. The van der Waals surface area contributed by atoms with Gasteiger partial charge in [0.1, 0.15) is 0 Å². The zero-order valence-corrected chi connectivity index (χ0v) is 22.8. The molecule has 9 nitrogen and oxygen atoms in total. The van der Waals surface area contributed by atoms with Crippen molar-refractivity contribution < 1.29 is 4.79 Å². The number of nitrogens with zero attached hydrogens (tertiary/aromatic N) is 6. The van der Waals surface area contributed by atoms with Gasteiger partial charge in [-0.1, -0.05) is 49.8 Å². The molecule has 1 aliphatic rings. The van der Waals surface area contributed by atoms with E-state index in [4.69, 9.17) is 5.73 Å². The number of carbonyl (C=O) groups excluding carboxylic acids is 1. The lowest BCUT2D eigenvalue weighted by Crippen LogP contribution is -2.29. The summed E-state index contributed by atoms with van der Waals surface area (Å²) in [5, 5.41) is 0. The van der Waals surface area contributed by atoms with Gasteiger partial charge >= 0.3 is 0 Å². The second-order valence-electron chi connectivity index (χ2n) is 10.5. The Morgan fingerprint density at radius 1 is 1.18 bits per heavy atom. The summed E-state index contributed by atoms with van der Waals surface area (Å²) in [7, 11) is 1.71. The van der Waals surface area contributed by atoms with Crippen LogP contribution in [-0.2, 0) is 7.05 Å². The van der Waals surface area contributed by atoms with E-state index < -0.39 is 11.5 Å². The quantitative estimate of drug-likeness (QED) is 0.369. The highest BCUT2D eigenvalue weighted by atomic mass is 16.2. The molecule has 38 heavy (non-hydrogen) atoms. The fraction of sp³-hybridized carbons (Fsp3) is 0.345. The van der Waals surface area contributed by atoms with Gasteiger partial charge in [-0.2, -0.15) is 4.98 Å². The van der Waals surface area contributed by atoms with Crippen molar-refractivity contribution in [2.75, 3.05) is 5.73 Å². The molecule has 0 fully saturated rings. The topological polar surface area (TPSA) is 114 Å². The summed E-state index contributed by atoms with van der Waals surface area (Å²) in [6, 6.07) is 0.329. The summed E-state index contributed by atoms with van der Waals surface area (Å²) in [5.74, 6) is -0.736. The molecule has 198 valence electrons. The summed E-state index contributed by atoms with van der Waals surface area (Å²) < 4.78 is 4.61. The third-order valence-corrected chi connectivity index (χ3v) is 7.15. The van der Waals surface area contributed by atoms with Crippen molar-refractivity contribution in [1.82, 2.24) is 28.7 Å². The van der Waals surface area contributed by atoms with E-state index in [9.17, 15) is 9.59 Å². The average Bonchev–Trinajstić information content (AvgIpc) is 3.49. The van der Waals surface area contributed by atoms with Gasteiger partial charge in [0.25, 0.3) is 11.5 Å². The van der Waals surface area contributed by atoms with Crippen LogP contribution in [0.2, 0.25) is 0 Å². The number of allylic oxidation sites excluding steroid dienone is 10. The van der Waals surface area contributed by atoms with E-state index in [-0.39, 0.29) is 16.9 Å². The van der Waals surface area contributed by atoms with Gasteiger partial charge in [0.15, 0.2) is 11.2 Å². The van der Waals surface area contributed by atoms with Gasteiger partial charge in [-0.05, 0) is 55.7 Å². The van der Waals surface area contributed by atoms with Gasteiger partial charge in [-0.15, -0.1) is 0 Å². The maximum atomic E-state index is 12.8. The molecule has 2 N–H and O–H groups in total. The molecule has 9 heteroatoms. The number of nitrogens with two attached hydrogens (primary N) is 1. The van der Waals surface area contributed by atoms with Gasteiger partial charge in [-0.3, -0.25) is 9.59 Å². The minimum absolute atomic E-state index is 0.0978. The minimum Gasteiger partial charge on any atom is -0.369 e. The lowest BCUT2D eigenvalue weighted by molar-refractivity contribution is 0.0966. The van der Waals surface area contributed by atoms with Crippen LogP contribution in [-0.4, -0.2) is 34.6 Å². The van der Waals surface area contributed by atoms with E-state index in [0.717, 1.165) is 23.0 Å². The number of aryl methyl sites for hydroxylation is 1. The van der Waals surface area contributed by atoms with Crippen molar-refractivity contribution >= 4 is 23.0 Å². The molecule has 0 spiro atoms. The number of anilines is 1. The molecule has 3 heterocycles. The van der Waals surface area contributed by atoms with E-state index in [2.05, 4.69) is 52.4 Å². The van der Waals surface area contributed by atoms with Gasteiger partial charge < -0.3 is 14.9 Å². The van der Waals surface area contributed by atoms with Crippen LogP contribution < -0.4 is 11.3 Å². The molecular formula is C29H35N7O2. The fourth-order valence-electron chi connectivity index (χ4n) is 4.96. The first kappa shape index (κ1) is 26.8. The molecule has 1 atom stereocenters. The van der Waals surface area contributed by atoms with Crippen LogP contribution in [0.15, 0.2) is 88.6 Å². The third kappa shape index (κ3) is 5.37. The maximum Gasteiger partial charge on any atom is 0.290 e. The lowest BCUT2D eigenvalue weighted by atomic mass is 9.71. The number of imidazole rings is 2. The third-order valence-electron chi connectivity index (χ3n) is 7.15. The number of fused-ring (bicyclic) bond motifs is 1. The minimum atomic E-state index is -0.586. The number of nitrogen functional groups attached to an aromatic ring is 1. The Morgan fingerprint density at radius 3 is 2.66 bits per heavy atom. The van der Waals surface area contributed by atoms with Crippen molar-refractivity contribution in [3.05, 3.63) is 94.2 Å². The Morgan fingerprint density at radius 2 is 1.95 bits per heavy atom. The Kier molecular flexibility index (Phi) is 7.48. The standard InChI is InChI=1S/C29H35N7O2/c1-19(10-11-22-21(3)23(12-13-29(22,4)5)35-15-14-31-17-35)8-7-9-20(2)16-24(37)36-27(38)25-26(33-28(36)30)34(6)18-32-25/h7-11,14-18,23H,12-13H2,1-6H3,(H2,30,33). The van der Waals surface area contributed by atoms with Gasteiger partial charge in [0, 0.05) is 25.5 Å². The summed E-state index contributed by atoms with van der Waals surface area (Å²) in [5.41, 5.74) is 10.3. The average molecular weight is 514 g/mol. The van der Waals surface area contributed by atoms with Crippen LogP contribution in [0, 0.1) is 5.41 Å². The molecule has 1 unspecified atom stereocenters. The number of aromatic nitrogens is 6. The monoisotopic (exact) mass is 513 g/mol. The Hall–Kier alpha value is -4.27. The number of hydrogen-bond donors (Lipinski definition) is 1. The van der Waals surface area contributed by atoms with E-state index in [1.165, 1.54) is 23.5 Å². The molecular weight excluding hydrogens is 478 g/mol. The fourth-order valence-corrected chi connectivity index (χ4v) is 4.96. The zero-order chi connectivity index (χ0) is 27.6. The predicted molar refractivity (Wildman–Crippen MR) is 151 cm³/mol.